The second kappa shape index (κ2) is 4.92. The second-order valence-electron chi connectivity index (χ2n) is 5.19. The highest BCUT2D eigenvalue weighted by atomic mass is 15.2. The molecule has 3 heteroatoms. The predicted molar refractivity (Wildman–Crippen MR) is 72.4 cm³/mol. The van der Waals surface area contributed by atoms with Gasteiger partial charge in [0.15, 0.2) is 5.82 Å². The number of hydrogen-bond acceptors (Lipinski definition) is 2. The highest BCUT2D eigenvalue weighted by Gasteiger charge is 2.19. The standard InChI is InChI=1S/C15H19N3/c1-11-7-5-6-10-13(11)15-16-14(17-18-15)12-8-3-2-4-9-12/h5-7,10,12H,2-4,8-9H2,1H3,(H,16,17,18). The molecule has 1 aromatic heterocycles. The van der Waals surface area contributed by atoms with Gasteiger partial charge in [0.25, 0.3) is 0 Å². The van der Waals surface area contributed by atoms with Crippen LogP contribution in [-0.2, 0) is 0 Å². The molecular weight excluding hydrogens is 222 g/mol. The molecule has 1 N–H and O–H groups in total. The van der Waals surface area contributed by atoms with Crippen LogP contribution >= 0.6 is 0 Å². The molecule has 1 saturated carbocycles. The molecule has 0 bridgehead atoms. The molecule has 0 aliphatic heterocycles. The summed E-state index contributed by atoms with van der Waals surface area (Å²) in [5.74, 6) is 2.51. The van der Waals surface area contributed by atoms with E-state index in [4.69, 9.17) is 4.98 Å². The van der Waals surface area contributed by atoms with Crippen LogP contribution in [0.3, 0.4) is 0 Å². The Morgan fingerprint density at radius 3 is 2.67 bits per heavy atom. The fraction of sp³-hybridized carbons (Fsp3) is 0.467. The van der Waals surface area contributed by atoms with E-state index in [0.717, 1.165) is 17.2 Å². The van der Waals surface area contributed by atoms with E-state index >= 15 is 0 Å². The molecule has 1 fully saturated rings. The molecule has 94 valence electrons. The first-order valence-corrected chi connectivity index (χ1v) is 6.83. The van der Waals surface area contributed by atoms with Gasteiger partial charge in [-0.05, 0) is 25.3 Å². The number of aromatic nitrogens is 3. The third-order valence-electron chi connectivity index (χ3n) is 3.88. The van der Waals surface area contributed by atoms with Gasteiger partial charge in [0.1, 0.15) is 5.82 Å². The maximum Gasteiger partial charge on any atom is 0.181 e. The van der Waals surface area contributed by atoms with E-state index in [1.54, 1.807) is 0 Å². The molecule has 0 amide bonds. The van der Waals surface area contributed by atoms with Crippen molar-refractivity contribution in [2.45, 2.75) is 44.9 Å². The summed E-state index contributed by atoms with van der Waals surface area (Å²) in [6, 6.07) is 8.28. The van der Waals surface area contributed by atoms with Gasteiger partial charge < -0.3 is 0 Å². The smallest absolute Gasteiger partial charge is 0.181 e. The van der Waals surface area contributed by atoms with Crippen molar-refractivity contribution in [2.75, 3.05) is 0 Å². The van der Waals surface area contributed by atoms with Crippen LogP contribution in [0.4, 0.5) is 0 Å². The first-order valence-electron chi connectivity index (χ1n) is 6.83. The monoisotopic (exact) mass is 241 g/mol. The van der Waals surface area contributed by atoms with Gasteiger partial charge in [0, 0.05) is 11.5 Å². The Hall–Kier alpha value is -1.64. The van der Waals surface area contributed by atoms with E-state index in [0.29, 0.717) is 5.92 Å². The summed E-state index contributed by atoms with van der Waals surface area (Å²) in [5, 5.41) is 7.53. The molecule has 18 heavy (non-hydrogen) atoms. The van der Waals surface area contributed by atoms with Gasteiger partial charge in [-0.2, -0.15) is 5.10 Å². The minimum atomic E-state index is 0.587. The maximum atomic E-state index is 4.70. The second-order valence-corrected chi connectivity index (χ2v) is 5.19. The highest BCUT2D eigenvalue weighted by Crippen LogP contribution is 2.31. The van der Waals surface area contributed by atoms with E-state index in [1.165, 1.54) is 37.7 Å². The Balaban J connectivity index is 1.87. The summed E-state index contributed by atoms with van der Waals surface area (Å²) in [5.41, 5.74) is 2.36. The summed E-state index contributed by atoms with van der Waals surface area (Å²) in [6.07, 6.45) is 6.52. The summed E-state index contributed by atoms with van der Waals surface area (Å²) in [6.45, 7) is 2.10. The molecule has 0 saturated heterocycles. The number of nitrogens with zero attached hydrogens (tertiary/aromatic N) is 2. The van der Waals surface area contributed by atoms with Crippen LogP contribution in [0.1, 0.15) is 49.4 Å². The average molecular weight is 241 g/mol. The van der Waals surface area contributed by atoms with Crippen LogP contribution in [0.5, 0.6) is 0 Å². The molecule has 1 aromatic carbocycles. The van der Waals surface area contributed by atoms with Crippen molar-refractivity contribution in [3.05, 3.63) is 35.7 Å². The number of aryl methyl sites for hydroxylation is 1. The van der Waals surface area contributed by atoms with Crippen molar-refractivity contribution >= 4 is 0 Å². The van der Waals surface area contributed by atoms with Gasteiger partial charge in [-0.1, -0.05) is 43.5 Å². The van der Waals surface area contributed by atoms with Gasteiger partial charge in [-0.3, -0.25) is 5.10 Å². The number of H-pyrrole nitrogens is 1. The van der Waals surface area contributed by atoms with Crippen molar-refractivity contribution in [1.29, 1.82) is 0 Å². The lowest BCUT2D eigenvalue weighted by atomic mass is 9.89. The first kappa shape index (κ1) is 11.5. The summed E-state index contributed by atoms with van der Waals surface area (Å²) in [7, 11) is 0. The summed E-state index contributed by atoms with van der Waals surface area (Å²) < 4.78 is 0. The van der Waals surface area contributed by atoms with Gasteiger partial charge in [-0.25, -0.2) is 4.98 Å². The van der Waals surface area contributed by atoms with E-state index < -0.39 is 0 Å². The molecule has 0 radical (unpaired) electrons. The Morgan fingerprint density at radius 2 is 1.89 bits per heavy atom. The van der Waals surface area contributed by atoms with Crippen molar-refractivity contribution in [3.8, 4) is 11.4 Å². The van der Waals surface area contributed by atoms with Crippen LogP contribution in [0.15, 0.2) is 24.3 Å². The van der Waals surface area contributed by atoms with E-state index in [2.05, 4.69) is 29.3 Å². The van der Waals surface area contributed by atoms with Crippen LogP contribution < -0.4 is 0 Å². The fourth-order valence-corrected chi connectivity index (χ4v) is 2.78. The number of rotatable bonds is 2. The number of aromatic amines is 1. The number of benzene rings is 1. The molecule has 3 rings (SSSR count). The lowest BCUT2D eigenvalue weighted by Crippen LogP contribution is -2.06. The van der Waals surface area contributed by atoms with Crippen LogP contribution in [0, 0.1) is 6.92 Å². The Labute approximate surface area is 108 Å². The predicted octanol–water partition coefficient (Wildman–Crippen LogP) is 3.83. The third-order valence-corrected chi connectivity index (χ3v) is 3.88. The lowest BCUT2D eigenvalue weighted by molar-refractivity contribution is 0.429. The molecule has 1 aliphatic rings. The van der Waals surface area contributed by atoms with Crippen molar-refractivity contribution in [1.82, 2.24) is 15.2 Å². The largest absolute Gasteiger partial charge is 0.262 e. The minimum absolute atomic E-state index is 0.587. The van der Waals surface area contributed by atoms with Crippen LogP contribution in [0.25, 0.3) is 11.4 Å². The minimum Gasteiger partial charge on any atom is -0.262 e. The molecule has 0 unspecified atom stereocenters. The topological polar surface area (TPSA) is 41.6 Å². The normalized spacial score (nSPS) is 16.9. The van der Waals surface area contributed by atoms with E-state index in [9.17, 15) is 0 Å². The summed E-state index contributed by atoms with van der Waals surface area (Å²) >= 11 is 0. The zero-order valence-corrected chi connectivity index (χ0v) is 10.8. The zero-order valence-electron chi connectivity index (χ0n) is 10.8. The average Bonchev–Trinajstić information content (AvgIpc) is 2.90. The zero-order chi connectivity index (χ0) is 12.4. The van der Waals surface area contributed by atoms with Crippen molar-refractivity contribution < 1.29 is 0 Å². The molecule has 1 heterocycles. The van der Waals surface area contributed by atoms with Crippen molar-refractivity contribution in [3.63, 3.8) is 0 Å². The fourth-order valence-electron chi connectivity index (χ4n) is 2.78. The molecular formula is C15H19N3. The first-order chi connectivity index (χ1) is 8.84. The van der Waals surface area contributed by atoms with Gasteiger partial charge >= 0.3 is 0 Å². The van der Waals surface area contributed by atoms with Crippen molar-refractivity contribution in [2.24, 2.45) is 0 Å². The highest BCUT2D eigenvalue weighted by molar-refractivity contribution is 5.59. The molecule has 2 aromatic rings. The van der Waals surface area contributed by atoms with Crippen LogP contribution in [0.2, 0.25) is 0 Å². The van der Waals surface area contributed by atoms with E-state index in [-0.39, 0.29) is 0 Å². The molecule has 0 spiro atoms. The van der Waals surface area contributed by atoms with E-state index in [1.807, 2.05) is 12.1 Å². The maximum absolute atomic E-state index is 4.70. The molecule has 0 atom stereocenters. The number of nitrogens with one attached hydrogen (secondary N) is 1. The van der Waals surface area contributed by atoms with Gasteiger partial charge in [0.2, 0.25) is 0 Å². The third kappa shape index (κ3) is 2.17. The Bertz CT molecular complexity index is 524. The molecule has 1 aliphatic carbocycles. The number of hydrogen-bond donors (Lipinski definition) is 1. The van der Waals surface area contributed by atoms with Gasteiger partial charge in [0.05, 0.1) is 0 Å². The summed E-state index contributed by atoms with van der Waals surface area (Å²) in [4.78, 5) is 4.70. The molecule has 3 nitrogen and oxygen atoms in total. The lowest BCUT2D eigenvalue weighted by Gasteiger charge is -2.18. The van der Waals surface area contributed by atoms with Crippen LogP contribution in [-0.4, -0.2) is 15.2 Å². The van der Waals surface area contributed by atoms with Gasteiger partial charge in [-0.15, -0.1) is 0 Å². The Kier molecular flexibility index (Phi) is 3.13. The SMILES string of the molecule is Cc1ccccc1-c1n[nH]c(C2CCCCC2)n1. The quantitative estimate of drug-likeness (QED) is 0.868. The Morgan fingerprint density at radius 1 is 1.11 bits per heavy atom.